The van der Waals surface area contributed by atoms with Crippen molar-refractivity contribution in [2.45, 2.75) is 32.4 Å². The van der Waals surface area contributed by atoms with E-state index >= 15 is 0 Å². The molecule has 1 fully saturated rings. The molecule has 5 rings (SSSR count). The van der Waals surface area contributed by atoms with Crippen LogP contribution in [0.15, 0.2) is 77.0 Å². The molecule has 1 aliphatic heterocycles. The van der Waals surface area contributed by atoms with Crippen LogP contribution < -0.4 is 4.74 Å². The fourth-order valence-corrected chi connectivity index (χ4v) is 4.59. The molecular weight excluding hydrogens is 428 g/mol. The Hall–Kier alpha value is -3.71. The van der Waals surface area contributed by atoms with Gasteiger partial charge in [0.05, 0.1) is 12.2 Å². The van der Waals surface area contributed by atoms with E-state index in [0.717, 1.165) is 47.6 Å². The standard InChI is InChI=1S/C27H28N4O3/c32-25(18-34-24-15-9-11-20-10-3-4-12-21(20)24)28-29-26-22-13-5-6-14-23(22)31(27(26)33)19-30-16-7-1-2-8-17-30/h3-6,9-15,33H,1-2,7-8,16-19H2. The second kappa shape index (κ2) is 10.1. The summed E-state index contributed by atoms with van der Waals surface area (Å²) in [4.78, 5) is 14.8. The second-order valence-electron chi connectivity index (χ2n) is 8.65. The number of aromatic hydroxyl groups is 1. The first kappa shape index (κ1) is 22.1. The highest BCUT2D eigenvalue weighted by molar-refractivity contribution is 5.95. The highest BCUT2D eigenvalue weighted by Crippen LogP contribution is 2.39. The number of nitrogens with zero attached hydrogens (tertiary/aromatic N) is 4. The number of carbonyl (C=O) groups is 1. The fourth-order valence-electron chi connectivity index (χ4n) is 4.59. The number of ether oxygens (including phenoxy) is 1. The molecule has 7 heteroatoms. The number of amides is 1. The molecule has 1 amide bonds. The molecule has 0 aliphatic carbocycles. The van der Waals surface area contributed by atoms with Crippen molar-refractivity contribution in [3.63, 3.8) is 0 Å². The van der Waals surface area contributed by atoms with Gasteiger partial charge in [-0.05, 0) is 43.5 Å². The van der Waals surface area contributed by atoms with Crippen LogP contribution in [0, 0.1) is 0 Å². The van der Waals surface area contributed by atoms with Gasteiger partial charge in [0.1, 0.15) is 5.75 Å². The molecule has 0 bridgehead atoms. The zero-order valence-electron chi connectivity index (χ0n) is 19.1. The number of benzene rings is 3. The van der Waals surface area contributed by atoms with Crippen LogP contribution >= 0.6 is 0 Å². The Morgan fingerprint density at radius 1 is 0.882 bits per heavy atom. The number of rotatable bonds is 6. The summed E-state index contributed by atoms with van der Waals surface area (Å²) in [6, 6.07) is 21.2. The molecule has 2 heterocycles. The van der Waals surface area contributed by atoms with Gasteiger partial charge in [0.15, 0.2) is 12.3 Å². The normalized spacial score (nSPS) is 15.2. The number of hydrogen-bond donors (Lipinski definition) is 1. The monoisotopic (exact) mass is 456 g/mol. The predicted molar refractivity (Wildman–Crippen MR) is 133 cm³/mol. The molecule has 7 nitrogen and oxygen atoms in total. The summed E-state index contributed by atoms with van der Waals surface area (Å²) in [6.45, 7) is 2.37. The molecule has 3 aromatic carbocycles. The molecule has 0 saturated carbocycles. The van der Waals surface area contributed by atoms with Gasteiger partial charge in [-0.15, -0.1) is 10.2 Å². The van der Waals surface area contributed by atoms with Crippen LogP contribution in [0.5, 0.6) is 11.6 Å². The van der Waals surface area contributed by atoms with E-state index in [1.165, 1.54) is 12.8 Å². The number of carbonyl (C=O) groups excluding carboxylic acids is 1. The van der Waals surface area contributed by atoms with Crippen LogP contribution in [-0.4, -0.2) is 40.2 Å². The minimum Gasteiger partial charge on any atom is -0.493 e. The van der Waals surface area contributed by atoms with Gasteiger partial charge in [-0.1, -0.05) is 67.4 Å². The minimum absolute atomic E-state index is 0.0250. The van der Waals surface area contributed by atoms with Gasteiger partial charge in [-0.25, -0.2) is 0 Å². The third-order valence-electron chi connectivity index (χ3n) is 6.32. The van der Waals surface area contributed by atoms with Gasteiger partial charge in [-0.2, -0.15) is 0 Å². The Morgan fingerprint density at radius 2 is 1.59 bits per heavy atom. The van der Waals surface area contributed by atoms with Crippen molar-refractivity contribution in [1.29, 1.82) is 0 Å². The fraction of sp³-hybridized carbons (Fsp3) is 0.296. The largest absolute Gasteiger partial charge is 0.493 e. The Kier molecular flexibility index (Phi) is 6.53. The predicted octanol–water partition coefficient (Wildman–Crippen LogP) is 6.02. The van der Waals surface area contributed by atoms with Gasteiger partial charge >= 0.3 is 5.91 Å². The number of aromatic nitrogens is 1. The molecule has 1 aliphatic rings. The molecule has 174 valence electrons. The third-order valence-corrected chi connectivity index (χ3v) is 6.32. The van der Waals surface area contributed by atoms with Crippen LogP contribution in [0.1, 0.15) is 25.7 Å². The van der Waals surface area contributed by atoms with Crippen molar-refractivity contribution in [2.75, 3.05) is 19.7 Å². The Balaban J connectivity index is 1.34. The van der Waals surface area contributed by atoms with E-state index in [1.807, 2.05) is 71.3 Å². The van der Waals surface area contributed by atoms with E-state index in [4.69, 9.17) is 4.74 Å². The summed E-state index contributed by atoms with van der Waals surface area (Å²) in [5.74, 6) is 0.132. The number of para-hydroxylation sites is 1. The lowest BCUT2D eigenvalue weighted by molar-refractivity contribution is -0.120. The lowest BCUT2D eigenvalue weighted by atomic mass is 10.1. The van der Waals surface area contributed by atoms with Crippen molar-refractivity contribution < 1.29 is 14.6 Å². The summed E-state index contributed by atoms with van der Waals surface area (Å²) < 4.78 is 7.58. The summed E-state index contributed by atoms with van der Waals surface area (Å²) in [6.07, 6.45) is 4.82. The van der Waals surface area contributed by atoms with E-state index < -0.39 is 5.91 Å². The van der Waals surface area contributed by atoms with Gasteiger partial charge in [0.25, 0.3) is 0 Å². The van der Waals surface area contributed by atoms with Crippen molar-refractivity contribution in [1.82, 2.24) is 9.47 Å². The maximum atomic E-state index is 12.5. The number of likely N-dealkylation sites (tertiary alicyclic amines) is 1. The first-order chi connectivity index (χ1) is 16.7. The van der Waals surface area contributed by atoms with Gasteiger partial charge in [-0.3, -0.25) is 14.3 Å². The van der Waals surface area contributed by atoms with Crippen molar-refractivity contribution >= 4 is 33.3 Å². The van der Waals surface area contributed by atoms with E-state index in [9.17, 15) is 9.90 Å². The lowest BCUT2D eigenvalue weighted by Gasteiger charge is -2.21. The molecule has 0 radical (unpaired) electrons. The molecule has 0 atom stereocenters. The second-order valence-corrected chi connectivity index (χ2v) is 8.65. The van der Waals surface area contributed by atoms with Crippen LogP contribution in [0.4, 0.5) is 5.69 Å². The zero-order valence-corrected chi connectivity index (χ0v) is 19.1. The van der Waals surface area contributed by atoms with Gasteiger partial charge in [0.2, 0.25) is 5.88 Å². The first-order valence-electron chi connectivity index (χ1n) is 11.8. The topological polar surface area (TPSA) is 79.4 Å². The minimum atomic E-state index is -0.517. The lowest BCUT2D eigenvalue weighted by Crippen LogP contribution is -2.27. The number of fused-ring (bicyclic) bond motifs is 2. The quantitative estimate of drug-likeness (QED) is 0.360. The highest BCUT2D eigenvalue weighted by Gasteiger charge is 2.19. The van der Waals surface area contributed by atoms with E-state index in [1.54, 1.807) is 0 Å². The van der Waals surface area contributed by atoms with Crippen LogP contribution in [0.2, 0.25) is 0 Å². The zero-order chi connectivity index (χ0) is 23.3. The van der Waals surface area contributed by atoms with Crippen molar-refractivity contribution in [2.24, 2.45) is 10.2 Å². The highest BCUT2D eigenvalue weighted by atomic mass is 16.5. The van der Waals surface area contributed by atoms with Crippen LogP contribution in [-0.2, 0) is 11.5 Å². The maximum absolute atomic E-state index is 12.5. The number of hydrogen-bond acceptors (Lipinski definition) is 5. The molecule has 4 aromatic rings. The van der Waals surface area contributed by atoms with Crippen molar-refractivity contribution in [3.05, 3.63) is 66.7 Å². The summed E-state index contributed by atoms with van der Waals surface area (Å²) >= 11 is 0. The van der Waals surface area contributed by atoms with Crippen molar-refractivity contribution in [3.8, 4) is 11.6 Å². The summed E-state index contributed by atoms with van der Waals surface area (Å²) in [7, 11) is 0. The van der Waals surface area contributed by atoms with E-state index in [2.05, 4.69) is 15.1 Å². The Bertz CT molecular complexity index is 1330. The summed E-state index contributed by atoms with van der Waals surface area (Å²) in [5, 5.41) is 21.7. The molecule has 0 unspecified atom stereocenters. The molecular formula is C27H28N4O3. The van der Waals surface area contributed by atoms with Crippen LogP contribution in [0.3, 0.4) is 0 Å². The van der Waals surface area contributed by atoms with Gasteiger partial charge in [0, 0.05) is 10.8 Å². The van der Waals surface area contributed by atoms with Crippen LogP contribution in [0.25, 0.3) is 21.7 Å². The first-order valence-corrected chi connectivity index (χ1v) is 11.8. The molecule has 0 spiro atoms. The Labute approximate surface area is 198 Å². The average Bonchev–Trinajstić information content (AvgIpc) is 3.01. The number of azo groups is 1. The maximum Gasteiger partial charge on any atom is 0.302 e. The molecule has 1 saturated heterocycles. The smallest absolute Gasteiger partial charge is 0.302 e. The van der Waals surface area contributed by atoms with E-state index in [-0.39, 0.29) is 12.5 Å². The average molecular weight is 457 g/mol. The molecule has 1 aromatic heterocycles. The molecule has 1 N–H and O–H groups in total. The van der Waals surface area contributed by atoms with E-state index in [0.29, 0.717) is 18.1 Å². The Morgan fingerprint density at radius 3 is 2.41 bits per heavy atom. The third kappa shape index (κ3) is 4.65. The SMILES string of the molecule is O=C(COc1cccc2ccccc12)N=Nc1c(O)n(CN2CCCCCC2)c2ccccc12. The van der Waals surface area contributed by atoms with Gasteiger partial charge < -0.3 is 9.84 Å². The molecule has 34 heavy (non-hydrogen) atoms. The summed E-state index contributed by atoms with van der Waals surface area (Å²) in [5.41, 5.74) is 1.18.